The van der Waals surface area contributed by atoms with Crippen molar-refractivity contribution in [2.24, 2.45) is 0 Å². The Hall–Kier alpha value is -3.56. The van der Waals surface area contributed by atoms with Crippen molar-refractivity contribution in [2.75, 3.05) is 5.32 Å². The van der Waals surface area contributed by atoms with Gasteiger partial charge in [0.05, 0.1) is 11.9 Å². The number of benzene rings is 1. The largest absolute Gasteiger partial charge is 0.479 e. The molecule has 0 fully saturated rings. The third-order valence-electron chi connectivity index (χ3n) is 3.73. The van der Waals surface area contributed by atoms with E-state index in [4.69, 9.17) is 0 Å². The van der Waals surface area contributed by atoms with E-state index in [-0.39, 0.29) is 12.5 Å². The summed E-state index contributed by atoms with van der Waals surface area (Å²) in [4.78, 5) is 24.5. The molecular weight excluding hydrogens is 338 g/mol. The van der Waals surface area contributed by atoms with Crippen molar-refractivity contribution in [3.63, 3.8) is 0 Å². The zero-order valence-corrected chi connectivity index (χ0v) is 14.2. The van der Waals surface area contributed by atoms with E-state index in [0.717, 1.165) is 5.56 Å². The van der Waals surface area contributed by atoms with Gasteiger partial charge in [-0.25, -0.2) is 4.79 Å². The van der Waals surface area contributed by atoms with E-state index < -0.39 is 11.5 Å². The van der Waals surface area contributed by atoms with Gasteiger partial charge in [0.2, 0.25) is 11.7 Å². The second-order valence-corrected chi connectivity index (χ2v) is 6.10. The number of rotatable bonds is 6. The van der Waals surface area contributed by atoms with Crippen LogP contribution < -0.4 is 5.32 Å². The molecule has 10 heteroatoms. The standard InChI is InChI=1S/C16H17N7O3/c1-16(2,15(25)26)22-9-12(8-17-22)18-13(24)10-23-20-14(19-21-23)11-6-4-3-5-7-11/h3-9H,10H2,1-2H3,(H,18,24)(H,25,26). The number of carboxylic acid groups (broad SMARTS) is 1. The van der Waals surface area contributed by atoms with E-state index in [1.165, 1.54) is 35.7 Å². The minimum Gasteiger partial charge on any atom is -0.479 e. The summed E-state index contributed by atoms with van der Waals surface area (Å²) in [5, 5.41) is 27.8. The zero-order valence-electron chi connectivity index (χ0n) is 14.2. The third kappa shape index (κ3) is 3.58. The molecule has 0 saturated carbocycles. The van der Waals surface area contributed by atoms with Crippen LogP contribution in [0.4, 0.5) is 5.69 Å². The maximum atomic E-state index is 12.1. The van der Waals surface area contributed by atoms with Crippen molar-refractivity contribution in [1.82, 2.24) is 30.0 Å². The van der Waals surface area contributed by atoms with Crippen LogP contribution >= 0.6 is 0 Å². The van der Waals surface area contributed by atoms with Crippen LogP contribution in [0.5, 0.6) is 0 Å². The maximum absolute atomic E-state index is 12.1. The molecule has 0 unspecified atom stereocenters. The highest BCUT2D eigenvalue weighted by molar-refractivity contribution is 5.90. The van der Waals surface area contributed by atoms with Crippen LogP contribution in [0.1, 0.15) is 13.8 Å². The first-order valence-corrected chi connectivity index (χ1v) is 7.78. The molecule has 3 aromatic rings. The minimum atomic E-state index is -1.22. The quantitative estimate of drug-likeness (QED) is 0.675. The van der Waals surface area contributed by atoms with E-state index in [1.807, 2.05) is 30.3 Å². The first-order valence-electron chi connectivity index (χ1n) is 7.78. The molecule has 0 saturated heterocycles. The predicted octanol–water partition coefficient (Wildman–Crippen LogP) is 0.995. The molecule has 0 aliphatic carbocycles. The lowest BCUT2D eigenvalue weighted by Crippen LogP contribution is -2.35. The van der Waals surface area contributed by atoms with Gasteiger partial charge in [0.1, 0.15) is 6.54 Å². The number of hydrogen-bond donors (Lipinski definition) is 2. The number of carbonyl (C=O) groups excluding carboxylic acids is 1. The number of aromatic nitrogens is 6. The average Bonchev–Trinajstić information content (AvgIpc) is 3.25. The van der Waals surface area contributed by atoms with Crippen LogP contribution in [0.25, 0.3) is 11.4 Å². The van der Waals surface area contributed by atoms with E-state index in [0.29, 0.717) is 11.5 Å². The van der Waals surface area contributed by atoms with Crippen LogP contribution in [0.15, 0.2) is 42.7 Å². The van der Waals surface area contributed by atoms with E-state index >= 15 is 0 Å². The topological polar surface area (TPSA) is 128 Å². The zero-order chi connectivity index (χ0) is 18.7. The Morgan fingerprint density at radius 2 is 1.96 bits per heavy atom. The summed E-state index contributed by atoms with van der Waals surface area (Å²) in [6.07, 6.45) is 2.84. The lowest BCUT2D eigenvalue weighted by molar-refractivity contribution is -0.146. The van der Waals surface area contributed by atoms with Crippen LogP contribution in [0.2, 0.25) is 0 Å². The molecule has 0 radical (unpaired) electrons. The fourth-order valence-corrected chi connectivity index (χ4v) is 2.13. The van der Waals surface area contributed by atoms with Crippen molar-refractivity contribution < 1.29 is 14.7 Å². The van der Waals surface area contributed by atoms with Gasteiger partial charge in [-0.1, -0.05) is 30.3 Å². The molecule has 0 bridgehead atoms. The number of anilines is 1. The van der Waals surface area contributed by atoms with Gasteiger partial charge in [-0.2, -0.15) is 9.90 Å². The number of tetrazole rings is 1. The molecule has 2 N–H and O–H groups in total. The summed E-state index contributed by atoms with van der Waals surface area (Å²) in [5.41, 5.74) is -0.0369. The molecule has 2 aromatic heterocycles. The van der Waals surface area contributed by atoms with Gasteiger partial charge in [0, 0.05) is 11.8 Å². The lowest BCUT2D eigenvalue weighted by atomic mass is 10.1. The number of amides is 1. The van der Waals surface area contributed by atoms with Gasteiger partial charge < -0.3 is 10.4 Å². The van der Waals surface area contributed by atoms with Crippen molar-refractivity contribution in [3.05, 3.63) is 42.7 Å². The molecule has 0 atom stereocenters. The van der Waals surface area contributed by atoms with Crippen molar-refractivity contribution in [3.8, 4) is 11.4 Å². The summed E-state index contributed by atoms with van der Waals surface area (Å²) in [6.45, 7) is 2.89. The van der Waals surface area contributed by atoms with Crippen LogP contribution in [-0.4, -0.2) is 47.0 Å². The van der Waals surface area contributed by atoms with E-state index in [1.54, 1.807) is 0 Å². The monoisotopic (exact) mass is 355 g/mol. The summed E-state index contributed by atoms with van der Waals surface area (Å²) in [6, 6.07) is 9.30. The van der Waals surface area contributed by atoms with Gasteiger partial charge in [-0.3, -0.25) is 9.48 Å². The number of hydrogen-bond acceptors (Lipinski definition) is 6. The van der Waals surface area contributed by atoms with Gasteiger partial charge in [-0.05, 0) is 19.1 Å². The molecule has 1 amide bonds. The number of carboxylic acids is 1. The van der Waals surface area contributed by atoms with Gasteiger partial charge >= 0.3 is 5.97 Å². The Morgan fingerprint density at radius 1 is 1.23 bits per heavy atom. The van der Waals surface area contributed by atoms with Crippen LogP contribution in [0.3, 0.4) is 0 Å². The second-order valence-electron chi connectivity index (χ2n) is 6.10. The molecule has 0 aliphatic rings. The molecule has 3 rings (SSSR count). The summed E-state index contributed by atoms with van der Waals surface area (Å²) in [7, 11) is 0. The molecular formula is C16H17N7O3. The Bertz CT molecular complexity index is 930. The molecule has 2 heterocycles. The maximum Gasteiger partial charge on any atom is 0.331 e. The number of aliphatic carboxylic acids is 1. The van der Waals surface area contributed by atoms with Crippen molar-refractivity contribution in [1.29, 1.82) is 0 Å². The average molecular weight is 355 g/mol. The molecule has 134 valence electrons. The number of nitrogens with zero attached hydrogens (tertiary/aromatic N) is 6. The smallest absolute Gasteiger partial charge is 0.331 e. The highest BCUT2D eigenvalue weighted by Crippen LogP contribution is 2.17. The lowest BCUT2D eigenvalue weighted by Gasteiger charge is -2.19. The molecule has 0 aliphatic heterocycles. The Labute approximate surface area is 148 Å². The normalized spacial score (nSPS) is 11.3. The molecule has 0 spiro atoms. The summed E-state index contributed by atoms with van der Waals surface area (Å²) < 4.78 is 1.27. The molecule has 1 aromatic carbocycles. The van der Waals surface area contributed by atoms with Crippen molar-refractivity contribution >= 4 is 17.6 Å². The predicted molar refractivity (Wildman–Crippen MR) is 91.1 cm³/mol. The van der Waals surface area contributed by atoms with Crippen LogP contribution in [-0.2, 0) is 21.7 Å². The first kappa shape index (κ1) is 17.3. The highest BCUT2D eigenvalue weighted by Gasteiger charge is 2.30. The Kier molecular flexibility index (Phi) is 4.48. The fraction of sp³-hybridized carbons (Fsp3) is 0.250. The van der Waals surface area contributed by atoms with Gasteiger partial charge in [0.15, 0.2) is 5.54 Å². The van der Waals surface area contributed by atoms with Crippen molar-refractivity contribution in [2.45, 2.75) is 25.9 Å². The van der Waals surface area contributed by atoms with Crippen LogP contribution in [0, 0.1) is 0 Å². The molecule has 10 nitrogen and oxygen atoms in total. The van der Waals surface area contributed by atoms with E-state index in [2.05, 4.69) is 25.8 Å². The number of nitrogens with one attached hydrogen (secondary N) is 1. The SMILES string of the molecule is CC(C)(C(=O)O)n1cc(NC(=O)Cn2nnc(-c3ccccc3)n2)cn1. The van der Waals surface area contributed by atoms with Gasteiger partial charge in [0.25, 0.3) is 0 Å². The van der Waals surface area contributed by atoms with E-state index in [9.17, 15) is 14.7 Å². The van der Waals surface area contributed by atoms with Gasteiger partial charge in [-0.15, -0.1) is 10.2 Å². The highest BCUT2D eigenvalue weighted by atomic mass is 16.4. The first-order chi connectivity index (χ1) is 12.4. The third-order valence-corrected chi connectivity index (χ3v) is 3.73. The second kappa shape index (κ2) is 6.75. The Morgan fingerprint density at radius 3 is 2.65 bits per heavy atom. The molecule has 26 heavy (non-hydrogen) atoms. The fourth-order valence-electron chi connectivity index (χ4n) is 2.13. The Balaban J connectivity index is 1.64. The summed E-state index contributed by atoms with van der Waals surface area (Å²) in [5.74, 6) is -0.983. The summed E-state index contributed by atoms with van der Waals surface area (Å²) >= 11 is 0. The minimum absolute atomic E-state index is 0.132. The number of carbonyl (C=O) groups is 2.